The highest BCUT2D eigenvalue weighted by Gasteiger charge is 2.40. The van der Waals surface area contributed by atoms with Crippen molar-refractivity contribution >= 4 is 5.78 Å². The minimum Gasteiger partial charge on any atom is -0.373 e. The molecule has 1 unspecified atom stereocenters. The first-order valence-corrected chi connectivity index (χ1v) is 9.19. The molecule has 3 rings (SSSR count). The van der Waals surface area contributed by atoms with E-state index in [0.717, 1.165) is 5.56 Å². The lowest BCUT2D eigenvalue weighted by Gasteiger charge is -2.30. The summed E-state index contributed by atoms with van der Waals surface area (Å²) >= 11 is 0. The van der Waals surface area contributed by atoms with Crippen molar-refractivity contribution in [2.45, 2.75) is 25.0 Å². The summed E-state index contributed by atoms with van der Waals surface area (Å²) in [4.78, 5) is 13.4. The SMILES string of the molecule is CCOC(CC(=O)C(O)(c1ccccc1)c1ccccc1)c1ccccc1. The molecular weight excluding hydrogens is 336 g/mol. The van der Waals surface area contributed by atoms with Gasteiger partial charge in [0.05, 0.1) is 6.10 Å². The number of Topliss-reactive ketones (excluding diaryl/α,β-unsaturated/α-hetero) is 1. The van der Waals surface area contributed by atoms with Crippen molar-refractivity contribution in [2.75, 3.05) is 6.61 Å². The summed E-state index contributed by atoms with van der Waals surface area (Å²) in [6, 6.07) is 27.8. The van der Waals surface area contributed by atoms with Crippen LogP contribution in [0.15, 0.2) is 91.0 Å². The quantitative estimate of drug-likeness (QED) is 0.635. The fourth-order valence-corrected chi connectivity index (χ4v) is 3.31. The topological polar surface area (TPSA) is 46.5 Å². The zero-order valence-corrected chi connectivity index (χ0v) is 15.4. The van der Waals surface area contributed by atoms with E-state index in [9.17, 15) is 9.90 Å². The Bertz CT molecular complexity index is 805. The molecule has 138 valence electrons. The molecule has 0 fully saturated rings. The molecule has 3 heteroatoms. The van der Waals surface area contributed by atoms with Gasteiger partial charge in [-0.25, -0.2) is 0 Å². The van der Waals surface area contributed by atoms with E-state index in [0.29, 0.717) is 17.7 Å². The van der Waals surface area contributed by atoms with E-state index >= 15 is 0 Å². The van der Waals surface area contributed by atoms with Crippen molar-refractivity contribution in [3.8, 4) is 0 Å². The molecule has 0 aliphatic carbocycles. The second-order valence-electron chi connectivity index (χ2n) is 6.42. The maximum atomic E-state index is 13.4. The largest absolute Gasteiger partial charge is 0.373 e. The molecule has 0 bridgehead atoms. The molecule has 27 heavy (non-hydrogen) atoms. The van der Waals surface area contributed by atoms with Gasteiger partial charge in [-0.15, -0.1) is 0 Å². The Balaban J connectivity index is 1.98. The van der Waals surface area contributed by atoms with Gasteiger partial charge in [0.15, 0.2) is 11.4 Å². The third-order valence-corrected chi connectivity index (χ3v) is 4.70. The molecule has 0 aromatic heterocycles. The summed E-state index contributed by atoms with van der Waals surface area (Å²) in [7, 11) is 0. The molecule has 3 aromatic carbocycles. The predicted molar refractivity (Wildman–Crippen MR) is 106 cm³/mol. The average molecular weight is 360 g/mol. The van der Waals surface area contributed by atoms with Crippen LogP contribution in [-0.4, -0.2) is 17.5 Å². The van der Waals surface area contributed by atoms with Gasteiger partial charge in [0.25, 0.3) is 0 Å². The van der Waals surface area contributed by atoms with Gasteiger partial charge in [0.2, 0.25) is 0 Å². The van der Waals surface area contributed by atoms with Gasteiger partial charge in [0.1, 0.15) is 0 Å². The molecule has 1 N–H and O–H groups in total. The Kier molecular flexibility index (Phi) is 6.17. The van der Waals surface area contributed by atoms with E-state index in [-0.39, 0.29) is 12.2 Å². The Morgan fingerprint density at radius 2 is 1.30 bits per heavy atom. The second kappa shape index (κ2) is 8.76. The molecule has 0 amide bonds. The normalized spacial score (nSPS) is 12.5. The number of benzene rings is 3. The second-order valence-corrected chi connectivity index (χ2v) is 6.42. The maximum Gasteiger partial charge on any atom is 0.176 e. The van der Waals surface area contributed by atoms with Gasteiger partial charge in [-0.3, -0.25) is 4.79 Å². The molecule has 0 radical (unpaired) electrons. The molecular formula is C24H24O3. The van der Waals surface area contributed by atoms with E-state index in [1.165, 1.54) is 0 Å². The summed E-state index contributed by atoms with van der Waals surface area (Å²) in [5, 5.41) is 11.6. The minimum absolute atomic E-state index is 0.0815. The number of ketones is 1. The highest BCUT2D eigenvalue weighted by molar-refractivity contribution is 5.92. The van der Waals surface area contributed by atoms with Crippen LogP contribution in [0.5, 0.6) is 0 Å². The van der Waals surface area contributed by atoms with Crippen LogP contribution in [-0.2, 0) is 15.1 Å². The van der Waals surface area contributed by atoms with E-state index in [2.05, 4.69) is 0 Å². The van der Waals surface area contributed by atoms with Crippen molar-refractivity contribution in [3.05, 3.63) is 108 Å². The first kappa shape index (κ1) is 19.0. The minimum atomic E-state index is -1.72. The van der Waals surface area contributed by atoms with Gasteiger partial charge in [-0.05, 0) is 23.6 Å². The lowest BCUT2D eigenvalue weighted by atomic mass is 9.80. The molecule has 1 atom stereocenters. The van der Waals surface area contributed by atoms with E-state index in [1.807, 2.05) is 73.7 Å². The molecule has 0 saturated heterocycles. The predicted octanol–water partition coefficient (Wildman–Crippen LogP) is 4.66. The lowest BCUT2D eigenvalue weighted by molar-refractivity contribution is -0.137. The first-order valence-electron chi connectivity index (χ1n) is 9.19. The van der Waals surface area contributed by atoms with E-state index in [4.69, 9.17) is 4.74 Å². The number of carbonyl (C=O) groups excluding carboxylic acids is 1. The Labute approximate surface area is 160 Å². The van der Waals surface area contributed by atoms with Gasteiger partial charge in [-0.1, -0.05) is 91.0 Å². The number of carbonyl (C=O) groups is 1. The molecule has 0 aliphatic rings. The molecule has 0 aliphatic heterocycles. The van der Waals surface area contributed by atoms with E-state index < -0.39 is 11.7 Å². The standard InChI is InChI=1S/C24H24O3/c1-2-27-22(19-12-6-3-7-13-19)18-23(25)24(26,20-14-8-4-9-15-20)21-16-10-5-11-17-21/h3-17,22,26H,2,18H2,1H3. The fourth-order valence-electron chi connectivity index (χ4n) is 3.31. The third-order valence-electron chi connectivity index (χ3n) is 4.70. The number of hydrogen-bond donors (Lipinski definition) is 1. The van der Waals surface area contributed by atoms with Gasteiger partial charge in [0, 0.05) is 13.0 Å². The first-order chi connectivity index (χ1) is 13.2. The summed E-state index contributed by atoms with van der Waals surface area (Å²) < 4.78 is 5.83. The van der Waals surface area contributed by atoms with Crippen LogP contribution in [0.25, 0.3) is 0 Å². The average Bonchev–Trinajstić information content (AvgIpc) is 2.74. The maximum absolute atomic E-state index is 13.4. The smallest absolute Gasteiger partial charge is 0.176 e. The molecule has 3 aromatic rings. The Morgan fingerprint density at radius 3 is 1.74 bits per heavy atom. The summed E-state index contributed by atoms with van der Waals surface area (Å²) in [6.45, 7) is 2.39. The number of ether oxygens (including phenoxy) is 1. The van der Waals surface area contributed by atoms with Crippen LogP contribution in [0.1, 0.15) is 36.1 Å². The molecule has 0 spiro atoms. The van der Waals surface area contributed by atoms with Gasteiger partial charge in [-0.2, -0.15) is 0 Å². The molecule has 0 heterocycles. The molecule has 3 nitrogen and oxygen atoms in total. The van der Waals surface area contributed by atoms with Crippen molar-refractivity contribution in [1.82, 2.24) is 0 Å². The lowest BCUT2D eigenvalue weighted by Crippen LogP contribution is -2.38. The summed E-state index contributed by atoms with van der Waals surface area (Å²) in [5.74, 6) is -0.290. The van der Waals surface area contributed by atoms with Crippen LogP contribution in [0.4, 0.5) is 0 Å². The van der Waals surface area contributed by atoms with Crippen LogP contribution in [0.3, 0.4) is 0 Å². The van der Waals surface area contributed by atoms with E-state index in [1.54, 1.807) is 24.3 Å². The van der Waals surface area contributed by atoms with Crippen molar-refractivity contribution < 1.29 is 14.6 Å². The number of aliphatic hydroxyl groups is 1. The van der Waals surface area contributed by atoms with Crippen LogP contribution in [0, 0.1) is 0 Å². The van der Waals surface area contributed by atoms with Crippen molar-refractivity contribution in [1.29, 1.82) is 0 Å². The van der Waals surface area contributed by atoms with Crippen LogP contribution < -0.4 is 0 Å². The Morgan fingerprint density at radius 1 is 0.852 bits per heavy atom. The molecule has 0 saturated carbocycles. The zero-order valence-electron chi connectivity index (χ0n) is 15.4. The van der Waals surface area contributed by atoms with Gasteiger partial charge >= 0.3 is 0 Å². The number of hydrogen-bond acceptors (Lipinski definition) is 3. The zero-order chi connectivity index (χ0) is 19.1. The van der Waals surface area contributed by atoms with Crippen molar-refractivity contribution in [2.24, 2.45) is 0 Å². The van der Waals surface area contributed by atoms with Gasteiger partial charge < -0.3 is 9.84 Å². The fraction of sp³-hybridized carbons (Fsp3) is 0.208. The van der Waals surface area contributed by atoms with Crippen molar-refractivity contribution in [3.63, 3.8) is 0 Å². The third kappa shape index (κ3) is 4.16. The Hall–Kier alpha value is -2.75. The summed E-state index contributed by atoms with van der Waals surface area (Å²) in [6.07, 6.45) is -0.319. The highest BCUT2D eigenvalue weighted by Crippen LogP contribution is 2.34. The monoisotopic (exact) mass is 360 g/mol. The summed E-state index contributed by atoms with van der Waals surface area (Å²) in [5.41, 5.74) is 0.331. The highest BCUT2D eigenvalue weighted by atomic mass is 16.5. The number of rotatable bonds is 8. The van der Waals surface area contributed by atoms with Crippen LogP contribution in [0.2, 0.25) is 0 Å². The van der Waals surface area contributed by atoms with Crippen LogP contribution >= 0.6 is 0 Å².